The highest BCUT2D eigenvalue weighted by Crippen LogP contribution is 2.42. The Kier molecular flexibility index (Phi) is 4.26. The molecule has 27 heavy (non-hydrogen) atoms. The van der Waals surface area contributed by atoms with Gasteiger partial charge in [-0.2, -0.15) is 0 Å². The summed E-state index contributed by atoms with van der Waals surface area (Å²) >= 11 is 5.02. The highest BCUT2D eigenvalue weighted by atomic mass is 79.9. The van der Waals surface area contributed by atoms with Crippen molar-refractivity contribution in [1.29, 1.82) is 0 Å². The fourth-order valence-corrected chi connectivity index (χ4v) is 4.94. The monoisotopic (exact) mass is 443 g/mol. The quantitative estimate of drug-likeness (QED) is 0.620. The Bertz CT molecular complexity index is 1050. The van der Waals surface area contributed by atoms with Crippen LogP contribution in [-0.4, -0.2) is 22.5 Å². The lowest BCUT2D eigenvalue weighted by Crippen LogP contribution is -2.16. The Balaban J connectivity index is 1.58. The molecule has 0 saturated heterocycles. The number of thiazole rings is 1. The molecule has 0 spiro atoms. The van der Waals surface area contributed by atoms with Crippen molar-refractivity contribution in [2.45, 2.75) is 38.7 Å². The molecule has 1 aromatic carbocycles. The lowest BCUT2D eigenvalue weighted by Gasteiger charge is -2.14. The van der Waals surface area contributed by atoms with Crippen LogP contribution in [0, 0.1) is 6.92 Å². The van der Waals surface area contributed by atoms with Crippen LogP contribution in [0.5, 0.6) is 0 Å². The van der Waals surface area contributed by atoms with E-state index in [9.17, 15) is 4.79 Å². The summed E-state index contributed by atoms with van der Waals surface area (Å²) in [4.78, 5) is 23.8. The maximum absolute atomic E-state index is 13.2. The molecule has 1 aliphatic heterocycles. The summed E-state index contributed by atoms with van der Waals surface area (Å²) in [5, 5.41) is 4.53. The SMILES string of the molecule is Cc1c(C2CC2)nc2ccc(Br)cc2c1C(=O)Nc1nc2c(s1)COCC2. The number of nitrogens with one attached hydrogen (secondary N) is 1. The summed E-state index contributed by atoms with van der Waals surface area (Å²) in [6.07, 6.45) is 3.10. The topological polar surface area (TPSA) is 64.1 Å². The first-order valence-corrected chi connectivity index (χ1v) is 10.7. The van der Waals surface area contributed by atoms with Gasteiger partial charge < -0.3 is 4.74 Å². The second-order valence-corrected chi connectivity index (χ2v) is 9.08. The first-order valence-electron chi connectivity index (χ1n) is 9.07. The predicted octanol–water partition coefficient (Wildman–Crippen LogP) is 4.96. The number of aromatic nitrogens is 2. The number of nitrogens with zero attached hydrogens (tertiary/aromatic N) is 2. The number of hydrogen-bond acceptors (Lipinski definition) is 5. The molecule has 0 atom stereocenters. The molecule has 0 bridgehead atoms. The fourth-order valence-electron chi connectivity index (χ4n) is 3.63. The van der Waals surface area contributed by atoms with Crippen LogP contribution in [0.25, 0.3) is 10.9 Å². The van der Waals surface area contributed by atoms with Gasteiger partial charge in [0, 0.05) is 27.9 Å². The normalized spacial score (nSPS) is 16.4. The highest BCUT2D eigenvalue weighted by Gasteiger charge is 2.30. The van der Waals surface area contributed by atoms with Crippen LogP contribution in [-0.2, 0) is 17.8 Å². The van der Waals surface area contributed by atoms with Crippen molar-refractivity contribution < 1.29 is 9.53 Å². The molecule has 1 fully saturated rings. The predicted molar refractivity (Wildman–Crippen MR) is 110 cm³/mol. The van der Waals surface area contributed by atoms with Crippen molar-refractivity contribution in [3.05, 3.63) is 50.1 Å². The summed E-state index contributed by atoms with van der Waals surface area (Å²) in [6, 6.07) is 5.92. The number of halogens is 1. The summed E-state index contributed by atoms with van der Waals surface area (Å²) in [5.74, 6) is 0.362. The van der Waals surface area contributed by atoms with E-state index in [1.807, 2.05) is 25.1 Å². The smallest absolute Gasteiger partial charge is 0.258 e. The van der Waals surface area contributed by atoms with Gasteiger partial charge in [0.05, 0.1) is 34.9 Å². The zero-order valence-electron chi connectivity index (χ0n) is 14.8. The van der Waals surface area contributed by atoms with Gasteiger partial charge in [-0.25, -0.2) is 4.98 Å². The van der Waals surface area contributed by atoms with E-state index in [1.54, 1.807) is 0 Å². The largest absolute Gasteiger partial charge is 0.375 e. The number of carbonyl (C=O) groups excluding carboxylic acids is 1. The van der Waals surface area contributed by atoms with E-state index < -0.39 is 0 Å². The molecule has 1 aliphatic carbocycles. The van der Waals surface area contributed by atoms with Crippen LogP contribution in [0.2, 0.25) is 0 Å². The summed E-state index contributed by atoms with van der Waals surface area (Å²) in [6.45, 7) is 3.28. The highest BCUT2D eigenvalue weighted by molar-refractivity contribution is 9.10. The minimum Gasteiger partial charge on any atom is -0.375 e. The number of hydrogen-bond donors (Lipinski definition) is 1. The zero-order chi connectivity index (χ0) is 18.5. The number of fused-ring (bicyclic) bond motifs is 2. The van der Waals surface area contributed by atoms with Gasteiger partial charge in [-0.05, 0) is 43.5 Å². The maximum Gasteiger partial charge on any atom is 0.258 e. The number of benzene rings is 1. The van der Waals surface area contributed by atoms with Crippen molar-refractivity contribution >= 4 is 49.2 Å². The molecule has 138 valence electrons. The van der Waals surface area contributed by atoms with Crippen LogP contribution in [0.1, 0.15) is 50.9 Å². The van der Waals surface area contributed by atoms with Gasteiger partial charge in [0.2, 0.25) is 0 Å². The molecule has 2 aliphatic rings. The van der Waals surface area contributed by atoms with E-state index in [4.69, 9.17) is 9.72 Å². The molecule has 5 nitrogen and oxygen atoms in total. The third-order valence-electron chi connectivity index (χ3n) is 5.13. The Morgan fingerprint density at radius 2 is 2.19 bits per heavy atom. The summed E-state index contributed by atoms with van der Waals surface area (Å²) in [7, 11) is 0. The Morgan fingerprint density at radius 3 is 2.96 bits per heavy atom. The third kappa shape index (κ3) is 3.17. The van der Waals surface area contributed by atoms with Crippen molar-refractivity contribution in [2.75, 3.05) is 11.9 Å². The number of amides is 1. The number of anilines is 1. The Labute approximate surface area is 169 Å². The van der Waals surface area contributed by atoms with Crippen molar-refractivity contribution in [2.24, 2.45) is 0 Å². The summed E-state index contributed by atoms with van der Waals surface area (Å²) in [5.41, 5.74) is 4.64. The lowest BCUT2D eigenvalue weighted by atomic mass is 9.99. The standard InChI is InChI=1S/C20H18BrN3O2S/c1-10-17(19(25)24-20-23-15-6-7-26-9-16(15)27-20)13-8-12(21)4-5-14(13)22-18(10)11-2-3-11/h4-5,8,11H,2-3,6-7,9H2,1H3,(H,23,24,25). The third-order valence-corrected chi connectivity index (χ3v) is 6.61. The maximum atomic E-state index is 13.2. The number of pyridine rings is 1. The number of rotatable bonds is 3. The minimum absolute atomic E-state index is 0.119. The van der Waals surface area contributed by atoms with Gasteiger partial charge in [0.15, 0.2) is 5.13 Å². The molecule has 3 heterocycles. The molecule has 1 saturated carbocycles. The summed E-state index contributed by atoms with van der Waals surface area (Å²) < 4.78 is 6.42. The molecular formula is C20H18BrN3O2S. The molecule has 0 radical (unpaired) electrons. The van der Waals surface area contributed by atoms with Crippen molar-refractivity contribution in [3.63, 3.8) is 0 Å². The second-order valence-electron chi connectivity index (χ2n) is 7.08. The van der Waals surface area contributed by atoms with E-state index in [0.29, 0.717) is 29.8 Å². The van der Waals surface area contributed by atoms with Crippen LogP contribution < -0.4 is 5.32 Å². The average molecular weight is 444 g/mol. The van der Waals surface area contributed by atoms with Crippen LogP contribution in [0.3, 0.4) is 0 Å². The van der Waals surface area contributed by atoms with Crippen LogP contribution >= 0.6 is 27.3 Å². The molecule has 3 aromatic rings. The van der Waals surface area contributed by atoms with Gasteiger partial charge in [-0.3, -0.25) is 15.1 Å². The van der Waals surface area contributed by atoms with E-state index in [-0.39, 0.29) is 5.91 Å². The lowest BCUT2D eigenvalue weighted by molar-refractivity contribution is 0.102. The van der Waals surface area contributed by atoms with Crippen molar-refractivity contribution in [1.82, 2.24) is 9.97 Å². The molecule has 1 N–H and O–H groups in total. The fraction of sp³-hybridized carbons (Fsp3) is 0.350. The van der Waals surface area contributed by atoms with Crippen LogP contribution in [0.4, 0.5) is 5.13 Å². The zero-order valence-corrected chi connectivity index (χ0v) is 17.2. The molecule has 7 heteroatoms. The Morgan fingerprint density at radius 1 is 1.33 bits per heavy atom. The second kappa shape index (κ2) is 6.65. The molecule has 5 rings (SSSR count). The van der Waals surface area contributed by atoms with E-state index >= 15 is 0 Å². The number of carbonyl (C=O) groups is 1. The average Bonchev–Trinajstić information content (AvgIpc) is 3.40. The minimum atomic E-state index is -0.119. The molecule has 2 aromatic heterocycles. The van der Waals surface area contributed by atoms with Gasteiger partial charge in [-0.15, -0.1) is 0 Å². The van der Waals surface area contributed by atoms with E-state index in [1.165, 1.54) is 11.3 Å². The molecule has 1 amide bonds. The first kappa shape index (κ1) is 17.3. The van der Waals surface area contributed by atoms with Gasteiger partial charge in [0.25, 0.3) is 5.91 Å². The first-order chi connectivity index (χ1) is 13.1. The van der Waals surface area contributed by atoms with Gasteiger partial charge in [-0.1, -0.05) is 27.3 Å². The molecular weight excluding hydrogens is 426 g/mol. The van der Waals surface area contributed by atoms with Crippen molar-refractivity contribution in [3.8, 4) is 0 Å². The van der Waals surface area contributed by atoms with Gasteiger partial charge in [0.1, 0.15) is 0 Å². The van der Waals surface area contributed by atoms with E-state index in [0.717, 1.165) is 56.5 Å². The molecule has 0 unspecified atom stereocenters. The van der Waals surface area contributed by atoms with Crippen LogP contribution in [0.15, 0.2) is 22.7 Å². The van der Waals surface area contributed by atoms with E-state index in [2.05, 4.69) is 26.2 Å². The van der Waals surface area contributed by atoms with Gasteiger partial charge >= 0.3 is 0 Å². The Hall–Kier alpha value is -1.83. The number of ether oxygens (including phenoxy) is 1.